The van der Waals surface area contributed by atoms with Gasteiger partial charge in [-0.05, 0) is 6.42 Å². The van der Waals surface area contributed by atoms with Gasteiger partial charge in [-0.25, -0.2) is 13.4 Å². The summed E-state index contributed by atoms with van der Waals surface area (Å²) in [6.45, 7) is 1.27. The van der Waals surface area contributed by atoms with Crippen LogP contribution >= 0.6 is 0 Å². The molecule has 7 nitrogen and oxygen atoms in total. The van der Waals surface area contributed by atoms with E-state index in [4.69, 9.17) is 5.11 Å². The van der Waals surface area contributed by atoms with Gasteiger partial charge >= 0.3 is 5.97 Å². The second-order valence-electron chi connectivity index (χ2n) is 4.18. The number of imidazole rings is 1. The van der Waals surface area contributed by atoms with Gasteiger partial charge in [0, 0.05) is 31.9 Å². The van der Waals surface area contributed by atoms with E-state index in [1.807, 2.05) is 10.8 Å². The maximum absolute atomic E-state index is 12.0. The van der Waals surface area contributed by atoms with Crippen LogP contribution in [0.4, 0.5) is 0 Å². The van der Waals surface area contributed by atoms with Crippen LogP contribution in [0.15, 0.2) is 12.4 Å². The predicted octanol–water partition coefficient (Wildman–Crippen LogP) is -0.107. The molecular weight excluding hydrogens is 258 g/mol. The minimum Gasteiger partial charge on any atom is -0.481 e. The summed E-state index contributed by atoms with van der Waals surface area (Å²) in [6.07, 6.45) is 3.49. The molecule has 0 amide bonds. The Balaban J connectivity index is 1.97. The molecule has 2 heterocycles. The van der Waals surface area contributed by atoms with E-state index in [-0.39, 0.29) is 25.1 Å². The Hall–Kier alpha value is -1.41. The third kappa shape index (κ3) is 2.88. The summed E-state index contributed by atoms with van der Waals surface area (Å²) in [5.74, 6) is -0.373. The van der Waals surface area contributed by atoms with Crippen LogP contribution in [0.5, 0.6) is 0 Å². The fraction of sp³-hybridized carbons (Fsp3) is 0.600. The first-order chi connectivity index (χ1) is 8.49. The first-order valence-corrected chi connectivity index (χ1v) is 7.29. The third-order valence-corrected chi connectivity index (χ3v) is 4.80. The lowest BCUT2D eigenvalue weighted by molar-refractivity contribution is -0.137. The number of hydrogen-bond donors (Lipinski definition) is 1. The van der Waals surface area contributed by atoms with E-state index in [2.05, 4.69) is 4.98 Å². The Kier molecular flexibility index (Phi) is 3.67. The maximum atomic E-state index is 12.0. The first kappa shape index (κ1) is 13.0. The summed E-state index contributed by atoms with van der Waals surface area (Å²) >= 11 is 0. The number of rotatable bonds is 5. The number of hydrogen-bond acceptors (Lipinski definition) is 4. The van der Waals surface area contributed by atoms with Crippen LogP contribution in [0.1, 0.15) is 18.7 Å². The smallest absolute Gasteiger partial charge is 0.303 e. The van der Waals surface area contributed by atoms with Crippen molar-refractivity contribution in [2.75, 3.05) is 12.3 Å². The molecule has 1 aliphatic heterocycles. The molecule has 100 valence electrons. The summed E-state index contributed by atoms with van der Waals surface area (Å²) in [7, 11) is -3.38. The van der Waals surface area contributed by atoms with Crippen LogP contribution in [-0.4, -0.2) is 45.6 Å². The van der Waals surface area contributed by atoms with Gasteiger partial charge in [-0.15, -0.1) is 0 Å². The highest BCUT2D eigenvalue weighted by molar-refractivity contribution is 7.89. The molecule has 0 saturated carbocycles. The van der Waals surface area contributed by atoms with Crippen molar-refractivity contribution in [1.29, 1.82) is 0 Å². The molecule has 0 saturated heterocycles. The van der Waals surface area contributed by atoms with Crippen molar-refractivity contribution in [2.45, 2.75) is 25.9 Å². The zero-order valence-corrected chi connectivity index (χ0v) is 10.6. The molecule has 2 rings (SSSR count). The summed E-state index contributed by atoms with van der Waals surface area (Å²) in [5, 5.41) is 8.50. The fourth-order valence-electron chi connectivity index (χ4n) is 1.92. The Morgan fingerprint density at radius 3 is 2.94 bits per heavy atom. The summed E-state index contributed by atoms with van der Waals surface area (Å²) in [5.41, 5.74) is 0. The van der Waals surface area contributed by atoms with Crippen LogP contribution in [0.2, 0.25) is 0 Å². The Bertz CT molecular complexity index is 537. The standard InChI is InChI=1S/C10H15N3O4S/c14-10(15)2-1-7-18(16,17)13-6-5-12-4-3-11-9(12)8-13/h3-4H,1-2,5-8H2,(H,14,15). The van der Waals surface area contributed by atoms with Crippen LogP contribution < -0.4 is 0 Å². The predicted molar refractivity (Wildman–Crippen MR) is 63.3 cm³/mol. The van der Waals surface area contributed by atoms with E-state index in [0.717, 1.165) is 5.82 Å². The van der Waals surface area contributed by atoms with Gasteiger partial charge in [-0.3, -0.25) is 4.79 Å². The van der Waals surface area contributed by atoms with Gasteiger partial charge < -0.3 is 9.67 Å². The average Bonchev–Trinajstić information content (AvgIpc) is 2.74. The monoisotopic (exact) mass is 273 g/mol. The number of sulfonamides is 1. The van der Waals surface area contributed by atoms with E-state index in [0.29, 0.717) is 13.1 Å². The molecule has 18 heavy (non-hydrogen) atoms. The van der Waals surface area contributed by atoms with Crippen molar-refractivity contribution in [3.05, 3.63) is 18.2 Å². The molecule has 0 atom stereocenters. The second-order valence-corrected chi connectivity index (χ2v) is 6.27. The highest BCUT2D eigenvalue weighted by Gasteiger charge is 2.26. The molecule has 0 aliphatic carbocycles. The summed E-state index contributed by atoms with van der Waals surface area (Å²) in [6, 6.07) is 0. The number of aromatic nitrogens is 2. The van der Waals surface area contributed by atoms with Crippen molar-refractivity contribution in [3.8, 4) is 0 Å². The molecule has 8 heteroatoms. The number of carboxylic acid groups (broad SMARTS) is 1. The SMILES string of the molecule is O=C(O)CCCS(=O)(=O)N1CCn2ccnc2C1. The number of carbonyl (C=O) groups is 1. The lowest BCUT2D eigenvalue weighted by Crippen LogP contribution is -2.39. The number of carboxylic acids is 1. The van der Waals surface area contributed by atoms with Gasteiger partial charge in [0.05, 0.1) is 12.3 Å². The van der Waals surface area contributed by atoms with Gasteiger partial charge in [0.2, 0.25) is 10.0 Å². The molecule has 0 spiro atoms. The Morgan fingerprint density at radius 2 is 2.22 bits per heavy atom. The van der Waals surface area contributed by atoms with Crippen molar-refractivity contribution in [3.63, 3.8) is 0 Å². The van der Waals surface area contributed by atoms with E-state index in [9.17, 15) is 13.2 Å². The molecule has 0 aromatic carbocycles. The molecular formula is C10H15N3O4S. The Labute approximate surface area is 105 Å². The van der Waals surface area contributed by atoms with E-state index in [1.54, 1.807) is 6.20 Å². The van der Waals surface area contributed by atoms with Gasteiger partial charge in [0.15, 0.2) is 0 Å². The fourth-order valence-corrected chi connectivity index (χ4v) is 3.36. The minimum atomic E-state index is -3.38. The third-order valence-electron chi connectivity index (χ3n) is 2.90. The summed E-state index contributed by atoms with van der Waals surface area (Å²) in [4.78, 5) is 14.5. The maximum Gasteiger partial charge on any atom is 0.303 e. The highest BCUT2D eigenvalue weighted by atomic mass is 32.2. The number of fused-ring (bicyclic) bond motifs is 1. The van der Waals surface area contributed by atoms with Crippen LogP contribution in [0.3, 0.4) is 0 Å². The quantitative estimate of drug-likeness (QED) is 0.808. The van der Waals surface area contributed by atoms with Crippen molar-refractivity contribution >= 4 is 16.0 Å². The normalized spacial score (nSPS) is 16.4. The zero-order chi connectivity index (χ0) is 13.2. The van der Waals surface area contributed by atoms with Crippen LogP contribution in [-0.2, 0) is 27.9 Å². The molecule has 0 radical (unpaired) electrons. The molecule has 0 unspecified atom stereocenters. The second kappa shape index (κ2) is 5.07. The van der Waals surface area contributed by atoms with E-state index in [1.165, 1.54) is 4.31 Å². The lowest BCUT2D eigenvalue weighted by Gasteiger charge is -2.26. The van der Waals surface area contributed by atoms with Crippen LogP contribution in [0.25, 0.3) is 0 Å². The minimum absolute atomic E-state index is 0.123. The topological polar surface area (TPSA) is 92.5 Å². The van der Waals surface area contributed by atoms with Gasteiger partial charge in [-0.2, -0.15) is 4.31 Å². The van der Waals surface area contributed by atoms with Crippen LogP contribution in [0, 0.1) is 0 Å². The number of aliphatic carboxylic acids is 1. The zero-order valence-electron chi connectivity index (χ0n) is 9.82. The highest BCUT2D eigenvalue weighted by Crippen LogP contribution is 2.15. The van der Waals surface area contributed by atoms with Gasteiger partial charge in [0.1, 0.15) is 5.82 Å². The molecule has 1 aromatic heterocycles. The van der Waals surface area contributed by atoms with Crippen molar-refractivity contribution in [2.24, 2.45) is 0 Å². The van der Waals surface area contributed by atoms with Gasteiger partial charge in [-0.1, -0.05) is 0 Å². The first-order valence-electron chi connectivity index (χ1n) is 5.69. The van der Waals surface area contributed by atoms with Crippen molar-refractivity contribution < 1.29 is 18.3 Å². The molecule has 1 aliphatic rings. The number of nitrogens with zero attached hydrogens (tertiary/aromatic N) is 3. The molecule has 1 N–H and O–H groups in total. The van der Waals surface area contributed by atoms with E-state index >= 15 is 0 Å². The van der Waals surface area contributed by atoms with Crippen molar-refractivity contribution in [1.82, 2.24) is 13.9 Å². The average molecular weight is 273 g/mol. The molecule has 1 aromatic rings. The largest absolute Gasteiger partial charge is 0.481 e. The van der Waals surface area contributed by atoms with E-state index < -0.39 is 16.0 Å². The Morgan fingerprint density at radius 1 is 1.44 bits per heavy atom. The van der Waals surface area contributed by atoms with Gasteiger partial charge in [0.25, 0.3) is 0 Å². The lowest BCUT2D eigenvalue weighted by atomic mass is 10.3. The summed E-state index contributed by atoms with van der Waals surface area (Å²) < 4.78 is 27.3. The molecule has 0 fully saturated rings. The molecule has 0 bridgehead atoms.